The van der Waals surface area contributed by atoms with E-state index in [1.807, 2.05) is 0 Å². The summed E-state index contributed by atoms with van der Waals surface area (Å²) in [5.74, 6) is -1.02. The van der Waals surface area contributed by atoms with Gasteiger partial charge in [-0.1, -0.05) is 0 Å². The van der Waals surface area contributed by atoms with Gasteiger partial charge in [-0.05, 0) is 6.92 Å². The SMILES string of the molecule is CC(SN=O)C(=O)O. The molecule has 46 valence electrons. The molecular formula is C3H5NO3S. The van der Waals surface area contributed by atoms with E-state index in [2.05, 4.69) is 4.58 Å². The van der Waals surface area contributed by atoms with Crippen molar-refractivity contribution in [3.8, 4) is 0 Å². The minimum absolute atomic E-state index is 0.509. The molecule has 0 aliphatic rings. The Morgan fingerprint density at radius 2 is 2.38 bits per heavy atom. The van der Waals surface area contributed by atoms with Crippen LogP contribution in [0.5, 0.6) is 0 Å². The molecular weight excluding hydrogens is 130 g/mol. The predicted molar refractivity (Wildman–Crippen MR) is 30.5 cm³/mol. The van der Waals surface area contributed by atoms with Crippen LogP contribution in [0.15, 0.2) is 4.58 Å². The van der Waals surface area contributed by atoms with Gasteiger partial charge in [0, 0.05) is 16.5 Å². The first-order chi connectivity index (χ1) is 3.68. The van der Waals surface area contributed by atoms with Gasteiger partial charge in [0.1, 0.15) is 5.25 Å². The summed E-state index contributed by atoms with van der Waals surface area (Å²) < 4.78 is 2.34. The van der Waals surface area contributed by atoms with E-state index in [0.717, 1.165) is 0 Å². The third kappa shape index (κ3) is 2.57. The first-order valence-electron chi connectivity index (χ1n) is 1.89. The van der Waals surface area contributed by atoms with Crippen LogP contribution in [0.4, 0.5) is 0 Å². The summed E-state index contributed by atoms with van der Waals surface area (Å²) in [5, 5.41) is 7.36. The molecule has 5 heteroatoms. The number of hydrogen-bond donors (Lipinski definition) is 1. The Labute approximate surface area is 50.4 Å². The monoisotopic (exact) mass is 135 g/mol. The fourth-order valence-corrected chi connectivity index (χ4v) is 0.329. The Kier molecular flexibility index (Phi) is 3.18. The van der Waals surface area contributed by atoms with E-state index >= 15 is 0 Å². The van der Waals surface area contributed by atoms with Gasteiger partial charge in [0.15, 0.2) is 0 Å². The molecule has 8 heavy (non-hydrogen) atoms. The first kappa shape index (κ1) is 7.42. The summed E-state index contributed by atoms with van der Waals surface area (Å²) in [5.41, 5.74) is 0. The Balaban J connectivity index is 3.46. The number of hydrogen-bond acceptors (Lipinski definition) is 4. The van der Waals surface area contributed by atoms with E-state index in [4.69, 9.17) is 5.11 Å². The maximum Gasteiger partial charge on any atom is 0.318 e. The topological polar surface area (TPSA) is 66.7 Å². The summed E-state index contributed by atoms with van der Waals surface area (Å²) in [6.45, 7) is 1.40. The standard InChI is InChI=1S/C3H5NO3S/c1-2(3(5)6)8-4-7/h2H,1H3,(H,5,6). The predicted octanol–water partition coefficient (Wildman–Crippen LogP) is 0.874. The van der Waals surface area contributed by atoms with Crippen molar-refractivity contribution in [1.82, 2.24) is 0 Å². The minimum atomic E-state index is -1.02. The molecule has 0 amide bonds. The zero-order valence-electron chi connectivity index (χ0n) is 4.20. The molecule has 0 saturated heterocycles. The van der Waals surface area contributed by atoms with Crippen molar-refractivity contribution >= 4 is 17.9 Å². The Morgan fingerprint density at radius 1 is 1.88 bits per heavy atom. The summed E-state index contributed by atoms with van der Waals surface area (Å²) in [6, 6.07) is 0. The molecule has 0 saturated carbocycles. The molecule has 0 fully saturated rings. The van der Waals surface area contributed by atoms with Gasteiger partial charge in [0.05, 0.1) is 0 Å². The van der Waals surface area contributed by atoms with Crippen LogP contribution in [-0.4, -0.2) is 16.3 Å². The average molecular weight is 135 g/mol. The molecule has 0 rings (SSSR count). The highest BCUT2D eigenvalue weighted by Crippen LogP contribution is 2.09. The fraction of sp³-hybridized carbons (Fsp3) is 0.667. The number of nitrogens with zero attached hydrogens (tertiary/aromatic N) is 1. The van der Waals surface area contributed by atoms with Gasteiger partial charge in [0.25, 0.3) is 0 Å². The molecule has 1 unspecified atom stereocenters. The molecule has 0 aromatic heterocycles. The van der Waals surface area contributed by atoms with Gasteiger partial charge in [0.2, 0.25) is 0 Å². The Morgan fingerprint density at radius 3 is 2.50 bits per heavy atom. The summed E-state index contributed by atoms with van der Waals surface area (Å²) >= 11 is 0.509. The summed E-state index contributed by atoms with van der Waals surface area (Å²) in [7, 11) is 0. The van der Waals surface area contributed by atoms with Gasteiger partial charge >= 0.3 is 5.97 Å². The van der Waals surface area contributed by atoms with E-state index in [9.17, 15) is 9.70 Å². The number of aliphatic carboxylic acids is 1. The smallest absolute Gasteiger partial charge is 0.318 e. The molecule has 0 aliphatic heterocycles. The van der Waals surface area contributed by atoms with Crippen molar-refractivity contribution in [3.05, 3.63) is 4.91 Å². The van der Waals surface area contributed by atoms with Crippen molar-refractivity contribution < 1.29 is 9.90 Å². The van der Waals surface area contributed by atoms with Crippen LogP contribution in [0.1, 0.15) is 6.92 Å². The average Bonchev–Trinajstić information content (AvgIpc) is 1.67. The lowest BCUT2D eigenvalue weighted by Gasteiger charge is -1.93. The van der Waals surface area contributed by atoms with Crippen LogP contribution < -0.4 is 0 Å². The molecule has 1 N–H and O–H groups in total. The normalized spacial score (nSPS) is 12.6. The van der Waals surface area contributed by atoms with Crippen molar-refractivity contribution in [2.24, 2.45) is 4.58 Å². The van der Waals surface area contributed by atoms with Crippen molar-refractivity contribution in [3.63, 3.8) is 0 Å². The maximum absolute atomic E-state index is 9.87. The fourth-order valence-electron chi connectivity index (χ4n) is 0.110. The zero-order valence-corrected chi connectivity index (χ0v) is 5.01. The van der Waals surface area contributed by atoms with Crippen molar-refractivity contribution in [2.75, 3.05) is 0 Å². The van der Waals surface area contributed by atoms with Gasteiger partial charge in [-0.3, -0.25) is 4.79 Å². The van der Waals surface area contributed by atoms with Gasteiger partial charge < -0.3 is 5.11 Å². The van der Waals surface area contributed by atoms with E-state index in [-0.39, 0.29) is 0 Å². The second-order valence-corrected chi connectivity index (χ2v) is 2.23. The third-order valence-electron chi connectivity index (χ3n) is 0.549. The molecule has 0 aromatic carbocycles. The molecule has 1 atom stereocenters. The molecule has 0 bridgehead atoms. The number of carboxylic acids is 1. The lowest BCUT2D eigenvalue weighted by atomic mass is 10.5. The van der Waals surface area contributed by atoms with Crippen LogP contribution >= 0.6 is 11.9 Å². The number of carbonyl (C=O) groups is 1. The molecule has 0 heterocycles. The maximum atomic E-state index is 9.87. The molecule has 0 aromatic rings. The van der Waals surface area contributed by atoms with Crippen LogP contribution in [0, 0.1) is 4.91 Å². The quantitative estimate of drug-likeness (QED) is 0.460. The number of carboxylic acid groups (broad SMARTS) is 1. The van der Waals surface area contributed by atoms with E-state index in [1.165, 1.54) is 6.92 Å². The van der Waals surface area contributed by atoms with Crippen LogP contribution in [-0.2, 0) is 4.79 Å². The highest BCUT2D eigenvalue weighted by molar-refractivity contribution is 7.99. The zero-order chi connectivity index (χ0) is 6.57. The molecule has 0 radical (unpaired) electrons. The third-order valence-corrected chi connectivity index (χ3v) is 1.15. The lowest BCUT2D eigenvalue weighted by molar-refractivity contribution is -0.136. The van der Waals surface area contributed by atoms with E-state index in [0.29, 0.717) is 11.9 Å². The van der Waals surface area contributed by atoms with Crippen molar-refractivity contribution in [1.29, 1.82) is 0 Å². The highest BCUT2D eigenvalue weighted by atomic mass is 32.2. The van der Waals surface area contributed by atoms with Gasteiger partial charge in [-0.2, -0.15) is 0 Å². The summed E-state index contributed by atoms with van der Waals surface area (Å²) in [4.78, 5) is 19.2. The summed E-state index contributed by atoms with van der Waals surface area (Å²) in [6.07, 6.45) is 0. The lowest BCUT2D eigenvalue weighted by Crippen LogP contribution is -2.09. The molecule has 0 spiro atoms. The van der Waals surface area contributed by atoms with Crippen LogP contribution in [0.25, 0.3) is 0 Å². The Bertz CT molecular complexity index is 105. The first-order valence-corrected chi connectivity index (χ1v) is 2.73. The van der Waals surface area contributed by atoms with Gasteiger partial charge in [-0.15, -0.1) is 4.91 Å². The van der Waals surface area contributed by atoms with Gasteiger partial charge in [-0.25, -0.2) is 0 Å². The Hall–Kier alpha value is -0.580. The number of nitroso groups, excluding NO2 is 1. The largest absolute Gasteiger partial charge is 0.480 e. The van der Waals surface area contributed by atoms with E-state index in [1.54, 1.807) is 0 Å². The van der Waals surface area contributed by atoms with E-state index < -0.39 is 11.2 Å². The minimum Gasteiger partial charge on any atom is -0.480 e. The van der Waals surface area contributed by atoms with Crippen LogP contribution in [0.2, 0.25) is 0 Å². The second-order valence-electron chi connectivity index (χ2n) is 1.16. The van der Waals surface area contributed by atoms with Crippen LogP contribution in [0.3, 0.4) is 0 Å². The second kappa shape index (κ2) is 3.43. The molecule has 4 nitrogen and oxygen atoms in total. The number of rotatable bonds is 3. The molecule has 0 aliphatic carbocycles. The van der Waals surface area contributed by atoms with Crippen molar-refractivity contribution in [2.45, 2.75) is 12.2 Å². The highest BCUT2D eigenvalue weighted by Gasteiger charge is 2.10.